The van der Waals surface area contributed by atoms with Crippen molar-refractivity contribution >= 4 is 12.6 Å². The van der Waals surface area contributed by atoms with Crippen LogP contribution in [0.1, 0.15) is 59.7 Å². The van der Waals surface area contributed by atoms with Gasteiger partial charge in [0, 0.05) is 17.4 Å². The van der Waals surface area contributed by atoms with Crippen LogP contribution in [0.25, 0.3) is 0 Å². The molecule has 1 aliphatic heterocycles. The van der Waals surface area contributed by atoms with E-state index in [1.807, 2.05) is 6.20 Å². The first-order valence-corrected chi connectivity index (χ1v) is 7.27. The molecule has 1 aromatic rings. The smallest absolute Gasteiger partial charge is 0.399 e. The van der Waals surface area contributed by atoms with Crippen molar-refractivity contribution < 1.29 is 9.31 Å². The molecule has 0 unspecified atom stereocenters. The summed E-state index contributed by atoms with van der Waals surface area (Å²) in [5.41, 5.74) is 2.74. The highest BCUT2D eigenvalue weighted by Crippen LogP contribution is 2.36. The molecule has 20 heavy (non-hydrogen) atoms. The van der Waals surface area contributed by atoms with Crippen molar-refractivity contribution in [1.29, 1.82) is 0 Å². The zero-order valence-corrected chi connectivity index (χ0v) is 14.0. The highest BCUT2D eigenvalue weighted by molar-refractivity contribution is 6.62. The second-order valence-electron chi connectivity index (χ2n) is 7.74. The number of pyridine rings is 1. The Kier molecular flexibility index (Phi) is 3.55. The number of aryl methyl sites for hydroxylation is 1. The Labute approximate surface area is 123 Å². The lowest BCUT2D eigenvalue weighted by Crippen LogP contribution is -2.41. The first-order valence-electron chi connectivity index (χ1n) is 7.27. The van der Waals surface area contributed by atoms with E-state index < -0.39 is 0 Å². The molecule has 4 heteroatoms. The van der Waals surface area contributed by atoms with E-state index in [0.29, 0.717) is 0 Å². The Balaban J connectivity index is 2.37. The molecule has 0 aliphatic carbocycles. The maximum atomic E-state index is 6.10. The maximum Gasteiger partial charge on any atom is 0.496 e. The Hall–Kier alpha value is -0.865. The molecule has 1 fully saturated rings. The topological polar surface area (TPSA) is 31.4 Å². The number of nitrogens with zero attached hydrogens (tertiary/aromatic N) is 1. The van der Waals surface area contributed by atoms with Gasteiger partial charge in [0.05, 0.1) is 11.2 Å². The van der Waals surface area contributed by atoms with Crippen molar-refractivity contribution in [1.82, 2.24) is 4.98 Å². The minimum Gasteiger partial charge on any atom is -0.399 e. The minimum atomic E-state index is -0.339. The summed E-state index contributed by atoms with van der Waals surface area (Å²) in [7, 11) is -0.339. The monoisotopic (exact) mass is 275 g/mol. The van der Waals surface area contributed by atoms with Crippen molar-refractivity contribution in [3.05, 3.63) is 23.5 Å². The summed E-state index contributed by atoms with van der Waals surface area (Å²) in [6, 6.07) is 2.17. The molecule has 0 amide bonds. The number of rotatable bonds is 1. The van der Waals surface area contributed by atoms with E-state index in [0.717, 1.165) is 11.2 Å². The molecule has 1 aromatic heterocycles. The predicted molar refractivity (Wildman–Crippen MR) is 83.4 cm³/mol. The van der Waals surface area contributed by atoms with Crippen LogP contribution in [0.3, 0.4) is 0 Å². The molecule has 1 aliphatic rings. The van der Waals surface area contributed by atoms with Crippen LogP contribution in [0, 0.1) is 6.92 Å². The van der Waals surface area contributed by atoms with Gasteiger partial charge in [-0.2, -0.15) is 0 Å². The summed E-state index contributed by atoms with van der Waals surface area (Å²) in [4.78, 5) is 4.53. The summed E-state index contributed by atoms with van der Waals surface area (Å²) >= 11 is 0. The molecule has 0 radical (unpaired) electrons. The molecule has 0 atom stereocenters. The van der Waals surface area contributed by atoms with Gasteiger partial charge in [-0.15, -0.1) is 0 Å². The summed E-state index contributed by atoms with van der Waals surface area (Å²) in [5.74, 6) is 0. The van der Waals surface area contributed by atoms with E-state index in [1.165, 1.54) is 5.56 Å². The summed E-state index contributed by atoms with van der Waals surface area (Å²) in [5, 5.41) is 0. The lowest BCUT2D eigenvalue weighted by molar-refractivity contribution is 0.00578. The average molecular weight is 275 g/mol. The summed E-state index contributed by atoms with van der Waals surface area (Å²) < 4.78 is 12.2. The standard InChI is InChI=1S/C16H26BNO2/c1-11-13(14(2,3)4)9-12(10-18-11)17-19-15(5,6)16(7,8)20-17/h9-10H,1-8H3. The lowest BCUT2D eigenvalue weighted by atomic mass is 9.76. The van der Waals surface area contributed by atoms with E-state index in [2.05, 4.69) is 66.4 Å². The largest absolute Gasteiger partial charge is 0.496 e. The highest BCUT2D eigenvalue weighted by Gasteiger charge is 2.51. The fraction of sp³-hybridized carbons (Fsp3) is 0.688. The van der Waals surface area contributed by atoms with E-state index in [-0.39, 0.29) is 23.7 Å². The van der Waals surface area contributed by atoms with Crippen LogP contribution >= 0.6 is 0 Å². The zero-order valence-electron chi connectivity index (χ0n) is 14.0. The van der Waals surface area contributed by atoms with Gasteiger partial charge in [-0.25, -0.2) is 0 Å². The quantitative estimate of drug-likeness (QED) is 0.738. The SMILES string of the molecule is Cc1ncc(B2OC(C)(C)C(C)(C)O2)cc1C(C)(C)C. The van der Waals surface area contributed by atoms with Gasteiger partial charge in [-0.1, -0.05) is 26.8 Å². The maximum absolute atomic E-state index is 6.10. The van der Waals surface area contributed by atoms with Crippen molar-refractivity contribution in [2.45, 2.75) is 72.0 Å². The van der Waals surface area contributed by atoms with E-state index in [4.69, 9.17) is 9.31 Å². The predicted octanol–water partition coefficient (Wildman–Crippen LogP) is 2.99. The summed E-state index contributed by atoms with van der Waals surface area (Å²) in [6.45, 7) is 16.9. The first-order chi connectivity index (χ1) is 8.94. The zero-order chi connectivity index (χ0) is 15.3. The Morgan fingerprint density at radius 1 is 1.05 bits per heavy atom. The van der Waals surface area contributed by atoms with Crippen LogP contribution in [-0.4, -0.2) is 23.3 Å². The van der Waals surface area contributed by atoms with Crippen LogP contribution in [-0.2, 0) is 14.7 Å². The van der Waals surface area contributed by atoms with Crippen LogP contribution in [0.4, 0.5) is 0 Å². The molecule has 3 nitrogen and oxygen atoms in total. The van der Waals surface area contributed by atoms with Gasteiger partial charge in [0.1, 0.15) is 0 Å². The van der Waals surface area contributed by atoms with Crippen molar-refractivity contribution in [3.8, 4) is 0 Å². The number of aromatic nitrogens is 1. The third kappa shape index (κ3) is 2.64. The molecule has 0 saturated carbocycles. The van der Waals surface area contributed by atoms with Crippen LogP contribution < -0.4 is 5.46 Å². The third-order valence-corrected chi connectivity index (χ3v) is 4.44. The normalized spacial score (nSPS) is 21.3. The van der Waals surface area contributed by atoms with Crippen LogP contribution in [0.2, 0.25) is 0 Å². The molecule has 110 valence electrons. The third-order valence-electron chi connectivity index (χ3n) is 4.44. The van der Waals surface area contributed by atoms with E-state index in [1.54, 1.807) is 0 Å². The van der Waals surface area contributed by atoms with Gasteiger partial charge < -0.3 is 9.31 Å². The van der Waals surface area contributed by atoms with Gasteiger partial charge >= 0.3 is 7.12 Å². The van der Waals surface area contributed by atoms with Gasteiger partial charge in [-0.3, -0.25) is 4.98 Å². The van der Waals surface area contributed by atoms with Crippen molar-refractivity contribution in [2.24, 2.45) is 0 Å². The van der Waals surface area contributed by atoms with Crippen molar-refractivity contribution in [2.75, 3.05) is 0 Å². The summed E-state index contributed by atoms with van der Waals surface area (Å²) in [6.07, 6.45) is 1.87. The molecule has 1 saturated heterocycles. The minimum absolute atomic E-state index is 0.0662. The lowest BCUT2D eigenvalue weighted by Gasteiger charge is -2.32. The van der Waals surface area contributed by atoms with E-state index in [9.17, 15) is 0 Å². The Morgan fingerprint density at radius 3 is 2.00 bits per heavy atom. The van der Waals surface area contributed by atoms with Crippen LogP contribution in [0.5, 0.6) is 0 Å². The van der Waals surface area contributed by atoms with Crippen LogP contribution in [0.15, 0.2) is 12.3 Å². The number of hydrogen-bond donors (Lipinski definition) is 0. The fourth-order valence-corrected chi connectivity index (χ4v) is 2.42. The molecule has 0 N–H and O–H groups in total. The van der Waals surface area contributed by atoms with Gasteiger partial charge in [0.25, 0.3) is 0 Å². The highest BCUT2D eigenvalue weighted by atomic mass is 16.7. The van der Waals surface area contributed by atoms with Crippen molar-refractivity contribution in [3.63, 3.8) is 0 Å². The second kappa shape index (κ2) is 4.57. The molecule has 0 aromatic carbocycles. The van der Waals surface area contributed by atoms with E-state index >= 15 is 0 Å². The second-order valence-corrected chi connectivity index (χ2v) is 7.74. The molecular formula is C16H26BNO2. The molecule has 2 rings (SSSR count). The molecule has 2 heterocycles. The van der Waals surface area contributed by atoms with Gasteiger partial charge in [0.2, 0.25) is 0 Å². The molecule has 0 spiro atoms. The van der Waals surface area contributed by atoms with Gasteiger partial charge in [-0.05, 0) is 45.6 Å². The fourth-order valence-electron chi connectivity index (χ4n) is 2.42. The average Bonchev–Trinajstić information content (AvgIpc) is 2.47. The molecule has 0 bridgehead atoms. The first kappa shape index (κ1) is 15.5. The van der Waals surface area contributed by atoms with Gasteiger partial charge in [0.15, 0.2) is 0 Å². The molecular weight excluding hydrogens is 249 g/mol. The number of hydrogen-bond acceptors (Lipinski definition) is 3. The Bertz CT molecular complexity index is 502. The Morgan fingerprint density at radius 2 is 1.55 bits per heavy atom.